The highest BCUT2D eigenvalue weighted by molar-refractivity contribution is 9.10. The van der Waals surface area contributed by atoms with Crippen LogP contribution in [0, 0.1) is 0 Å². The van der Waals surface area contributed by atoms with Crippen LogP contribution in [0.5, 0.6) is 0 Å². The zero-order valence-electron chi connectivity index (χ0n) is 9.07. The average molecular weight is 279 g/mol. The molecular weight excluding hydrogens is 268 g/mol. The predicted octanol–water partition coefficient (Wildman–Crippen LogP) is 2.70. The van der Waals surface area contributed by atoms with E-state index in [4.69, 9.17) is 0 Å². The number of halogens is 1. The van der Waals surface area contributed by atoms with E-state index in [2.05, 4.69) is 20.9 Å². The Morgan fingerprint density at radius 2 is 2.00 bits per heavy atom. The van der Waals surface area contributed by atoms with Crippen molar-refractivity contribution in [2.24, 2.45) is 0 Å². The zero-order valence-corrected chi connectivity index (χ0v) is 10.7. The summed E-state index contributed by atoms with van der Waals surface area (Å²) >= 11 is 3.38. The van der Waals surface area contributed by atoms with Gasteiger partial charge in [-0.15, -0.1) is 0 Å². The number of pyridine rings is 1. The fourth-order valence-corrected chi connectivity index (χ4v) is 2.04. The van der Waals surface area contributed by atoms with Gasteiger partial charge in [-0.3, -0.25) is 9.78 Å². The Labute approximate surface area is 102 Å². The van der Waals surface area contributed by atoms with Gasteiger partial charge in [-0.05, 0) is 22.0 Å². The van der Waals surface area contributed by atoms with E-state index in [-0.39, 0.29) is 5.91 Å². The molecule has 0 atom stereocenters. The first-order chi connectivity index (χ1) is 7.61. The molecule has 1 amide bonds. The Kier molecular flexibility index (Phi) is 2.92. The Hall–Kier alpha value is -1.42. The molecule has 16 heavy (non-hydrogen) atoms. The van der Waals surface area contributed by atoms with Crippen molar-refractivity contribution in [1.29, 1.82) is 0 Å². The SMILES string of the molecule is CN(C)C(=O)c1c(Br)cnc2ccccc12. The second-order valence-electron chi connectivity index (χ2n) is 3.70. The number of carbonyl (C=O) groups is 1. The number of carbonyl (C=O) groups excluding carboxylic acids is 1. The first-order valence-corrected chi connectivity index (χ1v) is 5.65. The van der Waals surface area contributed by atoms with Crippen LogP contribution in [0.2, 0.25) is 0 Å². The number of nitrogens with zero attached hydrogens (tertiary/aromatic N) is 2. The monoisotopic (exact) mass is 278 g/mol. The van der Waals surface area contributed by atoms with Crippen molar-refractivity contribution in [3.8, 4) is 0 Å². The Morgan fingerprint density at radius 3 is 2.69 bits per heavy atom. The van der Waals surface area contributed by atoms with Crippen LogP contribution in [0.15, 0.2) is 34.9 Å². The van der Waals surface area contributed by atoms with Crippen LogP contribution < -0.4 is 0 Å². The number of benzene rings is 1. The Balaban J connectivity index is 2.75. The first kappa shape index (κ1) is 11.1. The maximum Gasteiger partial charge on any atom is 0.255 e. The summed E-state index contributed by atoms with van der Waals surface area (Å²) in [6.07, 6.45) is 1.67. The van der Waals surface area contributed by atoms with Crippen molar-refractivity contribution in [2.45, 2.75) is 0 Å². The van der Waals surface area contributed by atoms with Crippen molar-refractivity contribution in [3.63, 3.8) is 0 Å². The lowest BCUT2D eigenvalue weighted by atomic mass is 10.1. The van der Waals surface area contributed by atoms with Gasteiger partial charge in [-0.2, -0.15) is 0 Å². The number of para-hydroxylation sites is 1. The summed E-state index contributed by atoms with van der Waals surface area (Å²) in [4.78, 5) is 17.9. The van der Waals surface area contributed by atoms with E-state index in [1.165, 1.54) is 0 Å². The maximum atomic E-state index is 12.0. The molecule has 0 aliphatic rings. The summed E-state index contributed by atoms with van der Waals surface area (Å²) in [6, 6.07) is 7.62. The fraction of sp³-hybridized carbons (Fsp3) is 0.167. The number of amides is 1. The van der Waals surface area contributed by atoms with Gasteiger partial charge in [0.15, 0.2) is 0 Å². The van der Waals surface area contributed by atoms with Crippen LogP contribution in [0.3, 0.4) is 0 Å². The quantitative estimate of drug-likeness (QED) is 0.804. The summed E-state index contributed by atoms with van der Waals surface area (Å²) < 4.78 is 0.727. The summed E-state index contributed by atoms with van der Waals surface area (Å²) in [5.41, 5.74) is 1.49. The standard InChI is InChI=1S/C12H11BrN2O/c1-15(2)12(16)11-8-5-3-4-6-10(8)14-7-9(11)13/h3-7H,1-2H3. The molecule has 0 N–H and O–H groups in total. The molecule has 3 nitrogen and oxygen atoms in total. The molecule has 2 rings (SSSR count). The van der Waals surface area contributed by atoms with Crippen molar-refractivity contribution in [3.05, 3.63) is 40.5 Å². The van der Waals surface area contributed by atoms with Crippen LogP contribution in [0.25, 0.3) is 10.9 Å². The second-order valence-corrected chi connectivity index (χ2v) is 4.55. The first-order valence-electron chi connectivity index (χ1n) is 4.86. The van der Waals surface area contributed by atoms with Gasteiger partial charge in [0.1, 0.15) is 0 Å². The highest BCUT2D eigenvalue weighted by atomic mass is 79.9. The summed E-state index contributed by atoms with van der Waals surface area (Å²) in [5.74, 6) is -0.0227. The third-order valence-electron chi connectivity index (χ3n) is 2.35. The zero-order chi connectivity index (χ0) is 11.7. The lowest BCUT2D eigenvalue weighted by Gasteiger charge is -2.13. The van der Waals surface area contributed by atoms with Gasteiger partial charge < -0.3 is 4.90 Å². The molecule has 1 heterocycles. The third-order valence-corrected chi connectivity index (χ3v) is 2.95. The second kappa shape index (κ2) is 4.22. The Bertz CT molecular complexity index is 552. The van der Waals surface area contributed by atoms with Gasteiger partial charge in [0.25, 0.3) is 5.91 Å². The number of hydrogen-bond acceptors (Lipinski definition) is 2. The molecule has 82 valence electrons. The van der Waals surface area contributed by atoms with E-state index in [0.29, 0.717) is 5.56 Å². The van der Waals surface area contributed by atoms with Crippen LogP contribution in [-0.4, -0.2) is 29.9 Å². The molecule has 0 fully saturated rings. The Morgan fingerprint density at radius 1 is 1.31 bits per heavy atom. The molecule has 0 aliphatic heterocycles. The number of aromatic nitrogens is 1. The maximum absolute atomic E-state index is 12.0. The van der Waals surface area contributed by atoms with Gasteiger partial charge in [0, 0.05) is 30.2 Å². The third kappa shape index (κ3) is 1.80. The van der Waals surface area contributed by atoms with Gasteiger partial charge in [-0.1, -0.05) is 18.2 Å². The van der Waals surface area contributed by atoms with Crippen molar-refractivity contribution in [2.75, 3.05) is 14.1 Å². The van der Waals surface area contributed by atoms with E-state index in [0.717, 1.165) is 15.4 Å². The van der Waals surface area contributed by atoms with Crippen LogP contribution in [0.1, 0.15) is 10.4 Å². The van der Waals surface area contributed by atoms with Gasteiger partial charge in [-0.25, -0.2) is 0 Å². The summed E-state index contributed by atoms with van der Waals surface area (Å²) in [6.45, 7) is 0. The average Bonchev–Trinajstić information content (AvgIpc) is 2.28. The molecule has 1 aromatic carbocycles. The van der Waals surface area contributed by atoms with E-state index in [9.17, 15) is 4.79 Å². The smallest absolute Gasteiger partial charge is 0.255 e. The molecule has 1 aromatic heterocycles. The summed E-state index contributed by atoms with van der Waals surface area (Å²) in [7, 11) is 3.48. The van der Waals surface area contributed by atoms with Gasteiger partial charge in [0.2, 0.25) is 0 Å². The normalized spacial score (nSPS) is 10.4. The van der Waals surface area contributed by atoms with Crippen molar-refractivity contribution >= 4 is 32.7 Å². The highest BCUT2D eigenvalue weighted by Gasteiger charge is 2.16. The van der Waals surface area contributed by atoms with Crippen molar-refractivity contribution in [1.82, 2.24) is 9.88 Å². The minimum Gasteiger partial charge on any atom is -0.345 e. The molecule has 4 heteroatoms. The lowest BCUT2D eigenvalue weighted by Crippen LogP contribution is -2.22. The molecule has 0 unspecified atom stereocenters. The molecule has 0 bridgehead atoms. The molecule has 0 aliphatic carbocycles. The fourth-order valence-electron chi connectivity index (χ4n) is 1.56. The topological polar surface area (TPSA) is 33.2 Å². The molecule has 0 saturated heterocycles. The minimum absolute atomic E-state index is 0.0227. The lowest BCUT2D eigenvalue weighted by molar-refractivity contribution is 0.0828. The van der Waals surface area contributed by atoms with E-state index in [1.807, 2.05) is 24.3 Å². The largest absolute Gasteiger partial charge is 0.345 e. The van der Waals surface area contributed by atoms with Crippen molar-refractivity contribution < 1.29 is 4.79 Å². The van der Waals surface area contributed by atoms with Gasteiger partial charge in [0.05, 0.1) is 11.1 Å². The number of rotatable bonds is 1. The van der Waals surface area contributed by atoms with Crippen LogP contribution in [0.4, 0.5) is 0 Å². The number of hydrogen-bond donors (Lipinski definition) is 0. The summed E-state index contributed by atoms with van der Waals surface area (Å²) in [5, 5.41) is 0.871. The molecule has 0 spiro atoms. The van der Waals surface area contributed by atoms with Crippen LogP contribution in [-0.2, 0) is 0 Å². The van der Waals surface area contributed by atoms with E-state index in [1.54, 1.807) is 25.2 Å². The molecule has 2 aromatic rings. The molecular formula is C12H11BrN2O. The van der Waals surface area contributed by atoms with E-state index < -0.39 is 0 Å². The predicted molar refractivity (Wildman–Crippen MR) is 67.5 cm³/mol. The highest BCUT2D eigenvalue weighted by Crippen LogP contribution is 2.25. The van der Waals surface area contributed by atoms with E-state index >= 15 is 0 Å². The van der Waals surface area contributed by atoms with Crippen LogP contribution >= 0.6 is 15.9 Å². The van der Waals surface area contributed by atoms with Gasteiger partial charge >= 0.3 is 0 Å². The molecule has 0 radical (unpaired) electrons. The molecule has 0 saturated carbocycles. The number of fused-ring (bicyclic) bond motifs is 1. The minimum atomic E-state index is -0.0227.